The van der Waals surface area contributed by atoms with Crippen LogP contribution in [0.4, 0.5) is 0 Å². The van der Waals surface area contributed by atoms with Gasteiger partial charge >= 0.3 is 0 Å². The molecule has 5 heavy (non-hydrogen) atoms. The smallest absolute Gasteiger partial charge is 0.0954 e. The molecule has 0 N–H and O–H groups in total. The highest BCUT2D eigenvalue weighted by molar-refractivity contribution is 8.18. The van der Waals surface area contributed by atoms with Crippen LogP contribution in [0.3, 0.4) is 0 Å². The van der Waals surface area contributed by atoms with E-state index in [1.165, 1.54) is 16.5 Å². The van der Waals surface area contributed by atoms with Crippen molar-refractivity contribution in [3.05, 3.63) is 0 Å². The Labute approximate surface area is 38.8 Å². The lowest BCUT2D eigenvalue weighted by molar-refractivity contribution is 0.701. The van der Waals surface area contributed by atoms with Gasteiger partial charge in [0.05, 0.1) is 16.0 Å². The highest BCUT2D eigenvalue weighted by Gasteiger charge is 1.52. The van der Waals surface area contributed by atoms with Crippen molar-refractivity contribution in [3.8, 4) is 0 Å². The van der Waals surface area contributed by atoms with Crippen molar-refractivity contribution in [2.75, 3.05) is 6.26 Å². The summed E-state index contributed by atoms with van der Waals surface area (Å²) in [6, 6.07) is 0. The van der Waals surface area contributed by atoms with Crippen molar-refractivity contribution < 1.29 is 4.21 Å². The molecule has 0 aliphatic carbocycles. The third kappa shape index (κ3) is 4.24. The van der Waals surface area contributed by atoms with Crippen molar-refractivity contribution in [2.45, 2.75) is 0 Å². The molecule has 0 fully saturated rings. The first kappa shape index (κ1) is 5.24. The Morgan fingerprint density at radius 1 is 1.80 bits per heavy atom. The molecule has 0 rings (SSSR count). The third-order valence-electron chi connectivity index (χ3n) is 0.136. The van der Waals surface area contributed by atoms with Crippen LogP contribution in [0.25, 0.3) is 0 Å². The molecular formula is C2H4OS2. The number of rotatable bonds is 1. The van der Waals surface area contributed by atoms with E-state index in [1.807, 2.05) is 6.26 Å². The molecule has 3 heteroatoms. The Hall–Kier alpha value is 0.240. The van der Waals surface area contributed by atoms with Gasteiger partial charge in [-0.25, -0.2) is 4.21 Å². The molecular weight excluding hydrogens is 104 g/mol. The van der Waals surface area contributed by atoms with Gasteiger partial charge in [-0.1, -0.05) is 0 Å². The summed E-state index contributed by atoms with van der Waals surface area (Å²) in [6.45, 7) is 0. The molecule has 0 saturated heterocycles. The average molecular weight is 108 g/mol. The molecule has 0 aromatic carbocycles. The fraction of sp³-hybridized carbons (Fsp3) is 0.500. The molecule has 0 unspecified atom stereocenters. The lowest BCUT2D eigenvalue weighted by Gasteiger charge is -1.57. The Kier molecular flexibility index (Phi) is 4.44. The molecule has 0 aliphatic rings. The fourth-order valence-corrected chi connectivity index (χ4v) is 0.354. The summed E-state index contributed by atoms with van der Waals surface area (Å²) < 4.78 is 10.9. The normalized spacial score (nSPS) is 6.60. The van der Waals surface area contributed by atoms with Gasteiger partial charge in [0.15, 0.2) is 0 Å². The highest BCUT2D eigenvalue weighted by atomic mass is 32.2. The first-order chi connectivity index (χ1) is 2.41. The van der Waals surface area contributed by atoms with Gasteiger partial charge in [-0.05, 0) is 6.26 Å². The topological polar surface area (TPSA) is 17.1 Å². The molecule has 0 saturated carbocycles. The van der Waals surface area contributed by atoms with Gasteiger partial charge in [0, 0.05) is 0 Å². The second-order valence-electron chi connectivity index (χ2n) is 0.428. The van der Waals surface area contributed by atoms with Crippen molar-refractivity contribution in [3.63, 3.8) is 0 Å². The largest absolute Gasteiger partial charge is 0.212 e. The Bertz CT molecular complexity index is 54.7. The highest BCUT2D eigenvalue weighted by Crippen LogP contribution is 1.75. The van der Waals surface area contributed by atoms with Gasteiger partial charge < -0.3 is 0 Å². The average Bonchev–Trinajstić information content (AvgIpc) is 1.41. The number of hydrogen-bond acceptors (Lipinski definition) is 2. The molecule has 0 amide bonds. The first-order valence-electron chi connectivity index (χ1n) is 1.05. The molecule has 0 atom stereocenters. The quantitative estimate of drug-likeness (QED) is 0.450. The van der Waals surface area contributed by atoms with Crippen LogP contribution in [-0.2, 0) is 11.3 Å². The molecule has 0 aromatic heterocycles. The molecule has 1 nitrogen and oxygen atoms in total. The summed E-state index contributed by atoms with van der Waals surface area (Å²) in [4.78, 5) is 0. The van der Waals surface area contributed by atoms with Gasteiger partial charge in [-0.2, -0.15) is 0 Å². The molecule has 0 heterocycles. The Morgan fingerprint density at radius 3 is 2.40 bits per heavy atom. The lowest BCUT2D eigenvalue weighted by Crippen LogP contribution is -1.49. The van der Waals surface area contributed by atoms with E-state index in [1.54, 1.807) is 0 Å². The summed E-state index contributed by atoms with van der Waals surface area (Å²) in [5, 5.41) is 0. The van der Waals surface area contributed by atoms with E-state index in [2.05, 4.69) is 0 Å². The molecule has 0 aliphatic heterocycles. The zero-order valence-corrected chi connectivity index (χ0v) is 4.44. The van der Waals surface area contributed by atoms with E-state index >= 15 is 0 Å². The predicted molar refractivity (Wildman–Crippen MR) is 27.7 cm³/mol. The lowest BCUT2D eigenvalue weighted by atomic mass is 11.9. The molecule has 0 aromatic rings. The van der Waals surface area contributed by atoms with Crippen LogP contribution in [-0.4, -0.2) is 15.2 Å². The van der Waals surface area contributed by atoms with E-state index in [9.17, 15) is 4.21 Å². The predicted octanol–water partition coefficient (Wildman–Crippen LogP) is 0.322. The molecule has 30 valence electrons. The van der Waals surface area contributed by atoms with Gasteiger partial charge in [-0.15, -0.1) is 11.8 Å². The van der Waals surface area contributed by atoms with E-state index in [4.69, 9.17) is 0 Å². The molecule has 0 bridgehead atoms. The minimum absolute atomic E-state index is 0.490. The van der Waals surface area contributed by atoms with Gasteiger partial charge in [0.1, 0.15) is 0 Å². The fourth-order valence-electron chi connectivity index (χ4n) is 0.0393. The van der Waals surface area contributed by atoms with Crippen molar-refractivity contribution in [1.82, 2.24) is 0 Å². The summed E-state index contributed by atoms with van der Waals surface area (Å²) in [5.41, 5.74) is 0. The summed E-state index contributed by atoms with van der Waals surface area (Å²) in [7, 11) is 0. The summed E-state index contributed by atoms with van der Waals surface area (Å²) in [6.07, 6.45) is 1.85. The van der Waals surface area contributed by atoms with Crippen LogP contribution in [0.1, 0.15) is 0 Å². The SMILES string of the molecule is CSC=S=O. The zero-order chi connectivity index (χ0) is 4.12. The van der Waals surface area contributed by atoms with E-state index in [0.29, 0.717) is 11.3 Å². The maximum Gasteiger partial charge on any atom is 0.0954 e. The maximum atomic E-state index is 9.37. The summed E-state index contributed by atoms with van der Waals surface area (Å²) in [5.74, 6) is 0. The number of thioether (sulfide) groups is 1. The van der Waals surface area contributed by atoms with E-state index in [-0.39, 0.29) is 0 Å². The van der Waals surface area contributed by atoms with Crippen LogP contribution in [0.5, 0.6) is 0 Å². The standard InChI is InChI=1S/C2H4OS2/c1-4-2-5-3/h2H,1H3. The van der Waals surface area contributed by atoms with E-state index < -0.39 is 0 Å². The van der Waals surface area contributed by atoms with Gasteiger partial charge in [-0.3, -0.25) is 0 Å². The second-order valence-corrected chi connectivity index (χ2v) is 1.86. The summed E-state index contributed by atoms with van der Waals surface area (Å²) >= 11 is 1.92. The Balaban J connectivity index is 2.93. The van der Waals surface area contributed by atoms with Gasteiger partial charge in [0.2, 0.25) is 0 Å². The Morgan fingerprint density at radius 2 is 2.40 bits per heavy atom. The van der Waals surface area contributed by atoms with Crippen LogP contribution in [0.2, 0.25) is 0 Å². The zero-order valence-electron chi connectivity index (χ0n) is 2.80. The van der Waals surface area contributed by atoms with Crippen molar-refractivity contribution in [2.24, 2.45) is 0 Å². The van der Waals surface area contributed by atoms with Gasteiger partial charge in [0.25, 0.3) is 0 Å². The van der Waals surface area contributed by atoms with Crippen LogP contribution in [0.15, 0.2) is 0 Å². The number of hydrogen-bond donors (Lipinski definition) is 0. The third-order valence-corrected chi connectivity index (χ3v) is 1.22. The minimum atomic E-state index is 0.490. The van der Waals surface area contributed by atoms with Crippen molar-refractivity contribution in [1.29, 1.82) is 0 Å². The monoisotopic (exact) mass is 108 g/mol. The second kappa shape index (κ2) is 4.24. The molecule has 0 radical (unpaired) electrons. The van der Waals surface area contributed by atoms with Crippen LogP contribution >= 0.6 is 11.8 Å². The van der Waals surface area contributed by atoms with Crippen LogP contribution in [0, 0.1) is 0 Å². The van der Waals surface area contributed by atoms with E-state index in [0.717, 1.165) is 0 Å². The first-order valence-corrected chi connectivity index (χ1v) is 3.14. The minimum Gasteiger partial charge on any atom is -0.212 e. The van der Waals surface area contributed by atoms with Crippen LogP contribution < -0.4 is 0 Å². The maximum absolute atomic E-state index is 9.37. The van der Waals surface area contributed by atoms with Crippen molar-refractivity contribution >= 4 is 27.7 Å². The molecule has 0 spiro atoms.